The Morgan fingerprint density at radius 1 is 1.12 bits per heavy atom. The van der Waals surface area contributed by atoms with Gasteiger partial charge < -0.3 is 20.4 Å². The molecule has 2 amide bonds. The number of halogens is 4. The van der Waals surface area contributed by atoms with Crippen LogP contribution in [0.3, 0.4) is 0 Å². The van der Waals surface area contributed by atoms with Crippen molar-refractivity contribution in [3.63, 3.8) is 0 Å². The molecular weight excluding hydrogens is 558 g/mol. The molecule has 3 aliphatic carbocycles. The van der Waals surface area contributed by atoms with Crippen molar-refractivity contribution in [2.75, 3.05) is 6.54 Å². The molecule has 0 aromatic carbocycles. The highest BCUT2D eigenvalue weighted by Crippen LogP contribution is 2.86. The summed E-state index contributed by atoms with van der Waals surface area (Å²) in [6.45, 7) is 2.62. The lowest BCUT2D eigenvalue weighted by Crippen LogP contribution is -2.49. The lowest BCUT2D eigenvalue weighted by molar-refractivity contribution is -0.151. The summed E-state index contributed by atoms with van der Waals surface area (Å²) in [5, 5.41) is 22.5. The topological polar surface area (TPSA) is 147 Å². The summed E-state index contributed by atoms with van der Waals surface area (Å²) in [6, 6.07) is 1.84. The van der Waals surface area contributed by atoms with Crippen molar-refractivity contribution >= 4 is 34.4 Å². The Kier molecular flexibility index (Phi) is 6.43. The average Bonchev–Trinajstić information content (AvgIpc) is 3.64. The molecule has 0 spiro atoms. The lowest BCUT2D eigenvalue weighted by Gasteiger charge is -2.40. The van der Waals surface area contributed by atoms with E-state index >= 15 is 0 Å². The highest BCUT2D eigenvalue weighted by Gasteiger charge is 2.85. The van der Waals surface area contributed by atoms with Gasteiger partial charge in [-0.2, -0.15) is 0 Å². The molecule has 2 atom stereocenters. The molecule has 4 fully saturated rings. The average molecular weight is 592 g/mol. The van der Waals surface area contributed by atoms with E-state index in [1.54, 1.807) is 12.1 Å². The van der Waals surface area contributed by atoms with Crippen molar-refractivity contribution in [2.45, 2.75) is 89.1 Å². The predicted molar refractivity (Wildman–Crippen MR) is 143 cm³/mol. The standard InChI is InChI=1S/C28H33F4N7O3/c1-14(38-42)19(33)23(40)36-20(15-5-8-27(29,30)9-6-15)22-35-17-4-3-16(34-21(17)37-22)18-7-10-28(31,32)13-39(18)24(41)26-11-25(26,2)12-26/h3-4,15,18,20,33,42H,5-13H2,1-2H3,(H,36,40)(H,34,35,37)/b33-19?,38-14-. The third kappa shape index (κ3) is 4.81. The molecule has 0 radical (unpaired) electrons. The van der Waals surface area contributed by atoms with Gasteiger partial charge in [0, 0.05) is 19.3 Å². The number of hydrogen-bond acceptors (Lipinski definition) is 7. The number of imidazole rings is 1. The van der Waals surface area contributed by atoms with Crippen LogP contribution < -0.4 is 5.32 Å². The molecule has 6 rings (SSSR count). The number of fused-ring (bicyclic) bond motifs is 2. The molecule has 2 aromatic heterocycles. The van der Waals surface area contributed by atoms with Crippen molar-refractivity contribution in [1.82, 2.24) is 25.2 Å². The fourth-order valence-electron chi connectivity index (χ4n) is 6.83. The first-order chi connectivity index (χ1) is 19.7. The van der Waals surface area contributed by atoms with Gasteiger partial charge >= 0.3 is 0 Å². The van der Waals surface area contributed by atoms with E-state index in [1.165, 1.54) is 11.8 Å². The number of hydrogen-bond donors (Lipinski definition) is 4. The van der Waals surface area contributed by atoms with Crippen LogP contribution in [-0.2, 0) is 9.59 Å². The Labute approximate surface area is 238 Å². The number of carbonyl (C=O) groups is 2. The second kappa shape index (κ2) is 9.46. The lowest BCUT2D eigenvalue weighted by atomic mass is 9.81. The number of rotatable bonds is 7. The highest BCUT2D eigenvalue weighted by atomic mass is 19.3. The Bertz CT molecular complexity index is 1490. The summed E-state index contributed by atoms with van der Waals surface area (Å²) in [5.41, 5.74) is -0.275. The van der Waals surface area contributed by atoms with Crippen molar-refractivity contribution < 1.29 is 32.4 Å². The minimum Gasteiger partial charge on any atom is -0.411 e. The largest absolute Gasteiger partial charge is 0.411 e. The van der Waals surface area contributed by atoms with E-state index in [0.717, 1.165) is 0 Å². The zero-order valence-electron chi connectivity index (χ0n) is 23.3. The maximum absolute atomic E-state index is 14.5. The molecule has 0 bridgehead atoms. The number of H-pyrrole nitrogens is 1. The summed E-state index contributed by atoms with van der Waals surface area (Å²) >= 11 is 0. The van der Waals surface area contributed by atoms with E-state index in [-0.39, 0.29) is 67.0 Å². The maximum atomic E-state index is 14.5. The number of alkyl halides is 4. The number of nitrogens with zero attached hydrogens (tertiary/aromatic N) is 4. The summed E-state index contributed by atoms with van der Waals surface area (Å²) < 4.78 is 56.8. The van der Waals surface area contributed by atoms with Crippen molar-refractivity contribution in [3.05, 3.63) is 23.7 Å². The maximum Gasteiger partial charge on any atom is 0.271 e. The van der Waals surface area contributed by atoms with Crippen LogP contribution in [0.1, 0.15) is 88.8 Å². The van der Waals surface area contributed by atoms with Gasteiger partial charge in [0.25, 0.3) is 11.8 Å². The fourth-order valence-corrected chi connectivity index (χ4v) is 6.83. The van der Waals surface area contributed by atoms with Crippen LogP contribution in [0, 0.1) is 22.2 Å². The number of aromatic nitrogens is 3. The Morgan fingerprint density at radius 2 is 1.76 bits per heavy atom. The van der Waals surface area contributed by atoms with Crippen molar-refractivity contribution in [1.29, 1.82) is 5.41 Å². The molecule has 4 N–H and O–H groups in total. The molecule has 14 heteroatoms. The van der Waals surface area contributed by atoms with Crippen LogP contribution >= 0.6 is 0 Å². The van der Waals surface area contributed by atoms with Gasteiger partial charge in [-0.25, -0.2) is 27.5 Å². The number of carbonyl (C=O) groups excluding carboxylic acids is 2. The monoisotopic (exact) mass is 591 g/mol. The van der Waals surface area contributed by atoms with Gasteiger partial charge in [0.15, 0.2) is 5.65 Å². The first-order valence-corrected chi connectivity index (χ1v) is 14.2. The van der Waals surface area contributed by atoms with Gasteiger partial charge in [-0.05, 0) is 62.5 Å². The predicted octanol–water partition coefficient (Wildman–Crippen LogP) is 4.91. The van der Waals surface area contributed by atoms with Gasteiger partial charge in [-0.15, -0.1) is 0 Å². The number of piperidine rings is 1. The number of oxime groups is 1. The van der Waals surface area contributed by atoms with E-state index in [1.807, 2.05) is 6.92 Å². The smallest absolute Gasteiger partial charge is 0.271 e. The van der Waals surface area contributed by atoms with Gasteiger partial charge in [-0.3, -0.25) is 15.0 Å². The van der Waals surface area contributed by atoms with E-state index in [9.17, 15) is 27.2 Å². The summed E-state index contributed by atoms with van der Waals surface area (Å²) in [4.78, 5) is 39.8. The number of aromatic amines is 1. The van der Waals surface area contributed by atoms with E-state index < -0.39 is 53.4 Å². The summed E-state index contributed by atoms with van der Waals surface area (Å²) in [6.07, 6.45) is 0.568. The van der Waals surface area contributed by atoms with Crippen LogP contribution in [0.5, 0.6) is 0 Å². The zero-order valence-corrected chi connectivity index (χ0v) is 23.3. The van der Waals surface area contributed by atoms with Crippen LogP contribution in [0.4, 0.5) is 17.6 Å². The normalized spacial score (nSPS) is 30.9. The first kappa shape index (κ1) is 28.5. The molecule has 42 heavy (non-hydrogen) atoms. The first-order valence-electron chi connectivity index (χ1n) is 14.2. The fraction of sp³-hybridized carbons (Fsp3) is 0.643. The van der Waals surface area contributed by atoms with E-state index in [0.29, 0.717) is 24.1 Å². The molecule has 1 aliphatic heterocycles. The molecule has 2 unspecified atom stereocenters. The SMILES string of the molecule is C/C(=N/O)C(=N)C(=O)NC(c1nc2nc(C3CCC(F)(F)CN3C(=O)C34CC3(C)C4)ccc2[nH]1)C1CCC(F)(F)CC1. The van der Waals surface area contributed by atoms with E-state index in [4.69, 9.17) is 10.6 Å². The second-order valence-corrected chi connectivity index (χ2v) is 12.8. The molecule has 4 aliphatic rings. The quantitative estimate of drug-likeness (QED) is 0.156. The van der Waals surface area contributed by atoms with Crippen LogP contribution in [0.15, 0.2) is 17.3 Å². The van der Waals surface area contributed by atoms with Crippen LogP contribution in [0.2, 0.25) is 0 Å². The molecule has 1 saturated heterocycles. The zero-order chi connectivity index (χ0) is 30.2. The molecule has 2 aromatic rings. The number of nitrogens with one attached hydrogen (secondary N) is 3. The summed E-state index contributed by atoms with van der Waals surface area (Å²) in [7, 11) is 0. The Balaban J connectivity index is 1.30. The Morgan fingerprint density at radius 3 is 2.38 bits per heavy atom. The number of amides is 2. The molecule has 3 saturated carbocycles. The molecular formula is C28H33F4N7O3. The van der Waals surface area contributed by atoms with Crippen LogP contribution in [0.25, 0.3) is 11.2 Å². The minimum atomic E-state index is -2.98. The van der Waals surface area contributed by atoms with Crippen LogP contribution in [-0.4, -0.2) is 66.7 Å². The van der Waals surface area contributed by atoms with Gasteiger partial charge in [0.2, 0.25) is 11.8 Å². The Hall–Kier alpha value is -3.58. The minimum absolute atomic E-state index is 0.0458. The molecule has 10 nitrogen and oxygen atoms in total. The second-order valence-electron chi connectivity index (χ2n) is 12.8. The van der Waals surface area contributed by atoms with Crippen molar-refractivity contribution in [3.8, 4) is 0 Å². The molecule has 3 heterocycles. The third-order valence-corrected chi connectivity index (χ3v) is 9.80. The third-order valence-electron chi connectivity index (χ3n) is 9.80. The molecule has 226 valence electrons. The van der Waals surface area contributed by atoms with Gasteiger partial charge in [-0.1, -0.05) is 12.1 Å². The van der Waals surface area contributed by atoms with Gasteiger partial charge in [0.05, 0.1) is 35.3 Å². The van der Waals surface area contributed by atoms with E-state index in [2.05, 4.69) is 25.4 Å². The van der Waals surface area contributed by atoms with Crippen molar-refractivity contribution in [2.24, 2.45) is 21.9 Å². The number of likely N-dealkylation sites (tertiary alicyclic amines) is 1. The van der Waals surface area contributed by atoms with Gasteiger partial charge in [0.1, 0.15) is 17.2 Å². The summed E-state index contributed by atoms with van der Waals surface area (Å²) in [5.74, 6) is -7.07. The number of pyridine rings is 1. The highest BCUT2D eigenvalue weighted by molar-refractivity contribution is 6.65.